The van der Waals surface area contributed by atoms with Gasteiger partial charge in [0.05, 0.1) is 5.56 Å². The Balaban J connectivity index is 2.10. The Morgan fingerprint density at radius 2 is 2.29 bits per heavy atom. The van der Waals surface area contributed by atoms with E-state index >= 15 is 0 Å². The van der Waals surface area contributed by atoms with Crippen LogP contribution in [0.15, 0.2) is 22.7 Å². The second kappa shape index (κ2) is 7.80. The molecule has 0 bridgehead atoms. The predicted octanol–water partition coefficient (Wildman–Crippen LogP) is 3.15. The Morgan fingerprint density at radius 3 is 2.90 bits per heavy atom. The van der Waals surface area contributed by atoms with Gasteiger partial charge in [-0.3, -0.25) is 4.79 Å². The van der Waals surface area contributed by atoms with Gasteiger partial charge >= 0.3 is 0 Å². The molecule has 0 aromatic heterocycles. The number of carbonyl (C=O) groups is 1. The highest BCUT2D eigenvalue weighted by molar-refractivity contribution is 9.10. The molecular weight excluding hydrogens is 332 g/mol. The zero-order valence-corrected chi connectivity index (χ0v) is 14.0. The third kappa shape index (κ3) is 4.45. The molecule has 1 aliphatic heterocycles. The van der Waals surface area contributed by atoms with Crippen molar-refractivity contribution in [2.75, 3.05) is 19.6 Å². The van der Waals surface area contributed by atoms with Crippen LogP contribution in [-0.4, -0.2) is 41.6 Å². The fraction of sp³-hybridized carbons (Fsp3) is 0.562. The predicted molar refractivity (Wildman–Crippen MR) is 87.6 cm³/mol. The van der Waals surface area contributed by atoms with Crippen LogP contribution in [-0.2, 0) is 0 Å². The van der Waals surface area contributed by atoms with Gasteiger partial charge in [-0.05, 0) is 44.0 Å². The topological polar surface area (TPSA) is 52.6 Å². The first-order valence-corrected chi connectivity index (χ1v) is 8.42. The highest BCUT2D eigenvalue weighted by atomic mass is 79.9. The molecule has 0 saturated carbocycles. The van der Waals surface area contributed by atoms with Crippen molar-refractivity contribution in [3.8, 4) is 5.75 Å². The van der Waals surface area contributed by atoms with E-state index in [0.29, 0.717) is 24.7 Å². The number of carbonyl (C=O) groups excluding carboxylic acids is 1. The van der Waals surface area contributed by atoms with Crippen LogP contribution in [0.3, 0.4) is 0 Å². The summed E-state index contributed by atoms with van der Waals surface area (Å²) in [5.74, 6) is -0.0543. The van der Waals surface area contributed by atoms with Gasteiger partial charge in [0, 0.05) is 23.6 Å². The van der Waals surface area contributed by atoms with Gasteiger partial charge in [-0.1, -0.05) is 29.3 Å². The molecule has 1 saturated heterocycles. The molecule has 21 heavy (non-hydrogen) atoms. The van der Waals surface area contributed by atoms with Gasteiger partial charge in [0.1, 0.15) is 5.75 Å². The van der Waals surface area contributed by atoms with Gasteiger partial charge in [-0.15, -0.1) is 0 Å². The maximum Gasteiger partial charge on any atom is 0.257 e. The average Bonchev–Trinajstić information content (AvgIpc) is 2.47. The molecule has 0 aliphatic carbocycles. The standard InChI is InChI=1S/C16H23BrN2O2/c1-2-9-19(11-13-5-3-4-8-18-13)16(21)14-7-6-12(17)10-15(14)20/h6-7,10,13,18,20H,2-5,8-9,11H2,1H3. The molecule has 1 aliphatic rings. The first-order chi connectivity index (χ1) is 10.1. The van der Waals surface area contributed by atoms with Gasteiger partial charge in [0.15, 0.2) is 0 Å². The molecule has 0 radical (unpaired) electrons. The number of halogens is 1. The number of benzene rings is 1. The molecule has 1 unspecified atom stereocenters. The lowest BCUT2D eigenvalue weighted by molar-refractivity contribution is 0.0728. The van der Waals surface area contributed by atoms with Crippen molar-refractivity contribution < 1.29 is 9.90 Å². The van der Waals surface area contributed by atoms with Crippen LogP contribution in [0.4, 0.5) is 0 Å². The molecule has 116 valence electrons. The van der Waals surface area contributed by atoms with Gasteiger partial charge in [-0.25, -0.2) is 0 Å². The van der Waals surface area contributed by atoms with E-state index in [0.717, 1.165) is 23.9 Å². The summed E-state index contributed by atoms with van der Waals surface area (Å²) in [5, 5.41) is 13.5. The summed E-state index contributed by atoms with van der Waals surface area (Å²) in [7, 11) is 0. The van der Waals surface area contributed by atoms with E-state index in [1.54, 1.807) is 18.2 Å². The summed E-state index contributed by atoms with van der Waals surface area (Å²) in [6.07, 6.45) is 4.46. The van der Waals surface area contributed by atoms with Crippen molar-refractivity contribution in [1.82, 2.24) is 10.2 Å². The van der Waals surface area contributed by atoms with Gasteiger partial charge in [0.25, 0.3) is 5.91 Å². The summed E-state index contributed by atoms with van der Waals surface area (Å²) in [4.78, 5) is 14.5. The lowest BCUT2D eigenvalue weighted by atomic mass is 10.0. The van der Waals surface area contributed by atoms with Crippen molar-refractivity contribution in [2.24, 2.45) is 0 Å². The fourth-order valence-electron chi connectivity index (χ4n) is 2.75. The van der Waals surface area contributed by atoms with E-state index in [2.05, 4.69) is 28.2 Å². The number of hydrogen-bond acceptors (Lipinski definition) is 3. The van der Waals surface area contributed by atoms with Crippen LogP contribution < -0.4 is 5.32 Å². The quantitative estimate of drug-likeness (QED) is 0.853. The third-order valence-electron chi connectivity index (χ3n) is 3.82. The van der Waals surface area contributed by atoms with Crippen LogP contribution in [0.25, 0.3) is 0 Å². The Hall–Kier alpha value is -1.07. The second-order valence-corrected chi connectivity index (χ2v) is 6.48. The van der Waals surface area contributed by atoms with Crippen LogP contribution in [0.1, 0.15) is 43.0 Å². The molecular formula is C16H23BrN2O2. The average molecular weight is 355 g/mol. The van der Waals surface area contributed by atoms with Crippen molar-refractivity contribution in [1.29, 1.82) is 0 Å². The number of hydrogen-bond donors (Lipinski definition) is 2. The molecule has 1 heterocycles. The van der Waals surface area contributed by atoms with Gasteiger partial charge < -0.3 is 15.3 Å². The second-order valence-electron chi connectivity index (χ2n) is 5.56. The SMILES string of the molecule is CCCN(CC1CCCCN1)C(=O)c1ccc(Br)cc1O. The Kier molecular flexibility index (Phi) is 6.06. The molecule has 0 spiro atoms. The smallest absolute Gasteiger partial charge is 0.257 e. The summed E-state index contributed by atoms with van der Waals surface area (Å²) in [5.41, 5.74) is 0.377. The van der Waals surface area contributed by atoms with Crippen LogP contribution in [0, 0.1) is 0 Å². The minimum absolute atomic E-state index is 0.0343. The van der Waals surface area contributed by atoms with E-state index in [1.165, 1.54) is 12.8 Å². The van der Waals surface area contributed by atoms with E-state index in [4.69, 9.17) is 0 Å². The molecule has 2 rings (SSSR count). The molecule has 2 N–H and O–H groups in total. The van der Waals surface area contributed by atoms with Gasteiger partial charge in [-0.2, -0.15) is 0 Å². The van der Waals surface area contributed by atoms with Crippen molar-refractivity contribution in [3.63, 3.8) is 0 Å². The monoisotopic (exact) mass is 354 g/mol. The lowest BCUT2D eigenvalue weighted by Gasteiger charge is -2.30. The summed E-state index contributed by atoms with van der Waals surface area (Å²) >= 11 is 3.30. The highest BCUT2D eigenvalue weighted by Crippen LogP contribution is 2.24. The molecule has 4 nitrogen and oxygen atoms in total. The Morgan fingerprint density at radius 1 is 1.48 bits per heavy atom. The minimum atomic E-state index is -0.0887. The van der Waals surface area contributed by atoms with E-state index in [9.17, 15) is 9.90 Å². The number of nitrogens with zero attached hydrogens (tertiary/aromatic N) is 1. The third-order valence-corrected chi connectivity index (χ3v) is 4.32. The number of piperidine rings is 1. The van der Waals surface area contributed by atoms with Crippen LogP contribution in [0.2, 0.25) is 0 Å². The zero-order valence-electron chi connectivity index (χ0n) is 12.4. The van der Waals surface area contributed by atoms with Crippen LogP contribution in [0.5, 0.6) is 5.75 Å². The fourth-order valence-corrected chi connectivity index (χ4v) is 3.10. The normalized spacial score (nSPS) is 18.5. The molecule has 5 heteroatoms. The molecule has 1 aromatic rings. The maximum atomic E-state index is 12.7. The van der Waals surface area contributed by atoms with E-state index in [1.807, 2.05) is 4.90 Å². The molecule has 1 fully saturated rings. The molecule has 1 aromatic carbocycles. The molecule has 1 atom stereocenters. The Labute approximate surface area is 134 Å². The largest absolute Gasteiger partial charge is 0.507 e. The van der Waals surface area contributed by atoms with Crippen molar-refractivity contribution in [2.45, 2.75) is 38.6 Å². The first kappa shape index (κ1) is 16.3. The minimum Gasteiger partial charge on any atom is -0.507 e. The van der Waals surface area contributed by atoms with E-state index < -0.39 is 0 Å². The van der Waals surface area contributed by atoms with E-state index in [-0.39, 0.29) is 11.7 Å². The lowest BCUT2D eigenvalue weighted by Crippen LogP contribution is -2.46. The van der Waals surface area contributed by atoms with Crippen molar-refractivity contribution in [3.05, 3.63) is 28.2 Å². The number of nitrogens with one attached hydrogen (secondary N) is 1. The van der Waals surface area contributed by atoms with Gasteiger partial charge in [0.2, 0.25) is 0 Å². The zero-order chi connectivity index (χ0) is 15.2. The van der Waals surface area contributed by atoms with Crippen molar-refractivity contribution >= 4 is 21.8 Å². The first-order valence-electron chi connectivity index (χ1n) is 7.63. The number of rotatable bonds is 5. The number of phenolic OH excluding ortho intramolecular Hbond substituents is 1. The number of phenols is 1. The summed E-state index contributed by atoms with van der Waals surface area (Å²) in [6.45, 7) is 4.52. The van der Waals surface area contributed by atoms with Crippen LogP contribution >= 0.6 is 15.9 Å². The maximum absolute atomic E-state index is 12.7. The highest BCUT2D eigenvalue weighted by Gasteiger charge is 2.22. The Bertz CT molecular complexity index is 487. The summed E-state index contributed by atoms with van der Waals surface area (Å²) < 4.78 is 0.771. The molecule has 1 amide bonds. The number of aromatic hydroxyl groups is 1. The number of amides is 1. The summed E-state index contributed by atoms with van der Waals surface area (Å²) in [6, 6.07) is 5.40.